The zero-order valence-corrected chi connectivity index (χ0v) is 14.6. The number of para-hydroxylation sites is 1. The van der Waals surface area contributed by atoms with Crippen LogP contribution in [0.15, 0.2) is 45.4 Å². The van der Waals surface area contributed by atoms with Gasteiger partial charge in [0, 0.05) is 18.7 Å². The summed E-state index contributed by atoms with van der Waals surface area (Å²) in [6.45, 7) is 2.50. The lowest BCUT2D eigenvalue weighted by molar-refractivity contribution is 0.0720. The molecule has 1 aromatic carbocycles. The molecule has 1 amide bonds. The monoisotopic (exact) mass is 353 g/mol. The van der Waals surface area contributed by atoms with Crippen molar-refractivity contribution in [2.45, 2.75) is 25.8 Å². The molecule has 1 aliphatic heterocycles. The molecule has 0 bridgehead atoms. The Morgan fingerprint density at radius 2 is 2.08 bits per heavy atom. The Hall–Kier alpha value is -3.09. The molecule has 1 saturated heterocycles. The summed E-state index contributed by atoms with van der Waals surface area (Å²) in [6, 6.07) is 10.9. The summed E-state index contributed by atoms with van der Waals surface area (Å²) in [5, 5.41) is 8.05. The van der Waals surface area contributed by atoms with Crippen LogP contribution in [0.25, 0.3) is 11.3 Å². The van der Waals surface area contributed by atoms with E-state index in [4.69, 9.17) is 13.8 Å². The van der Waals surface area contributed by atoms with Gasteiger partial charge >= 0.3 is 0 Å². The molecule has 1 unspecified atom stereocenters. The molecule has 134 valence electrons. The standard InChI is InChI=1S/C19H19N3O4/c1-12-10-14(20-25-12)16-7-5-9-22(16)19(23)15-11-18(26-21-15)13-6-3-4-8-17(13)24-2/h3-4,6,8,10-11,16H,5,7,9H2,1-2H3. The van der Waals surface area contributed by atoms with Gasteiger partial charge in [0.15, 0.2) is 11.5 Å². The Bertz CT molecular complexity index is 930. The molecule has 0 saturated carbocycles. The molecule has 1 atom stereocenters. The van der Waals surface area contributed by atoms with Gasteiger partial charge in [-0.2, -0.15) is 0 Å². The molecule has 7 nitrogen and oxygen atoms in total. The maximum Gasteiger partial charge on any atom is 0.276 e. The first-order valence-corrected chi connectivity index (χ1v) is 8.51. The highest BCUT2D eigenvalue weighted by atomic mass is 16.5. The molecule has 26 heavy (non-hydrogen) atoms. The summed E-state index contributed by atoms with van der Waals surface area (Å²) >= 11 is 0. The van der Waals surface area contributed by atoms with Gasteiger partial charge in [-0.3, -0.25) is 4.79 Å². The van der Waals surface area contributed by atoms with Gasteiger partial charge in [0.2, 0.25) is 0 Å². The Morgan fingerprint density at radius 1 is 1.23 bits per heavy atom. The maximum absolute atomic E-state index is 13.0. The van der Waals surface area contributed by atoms with Crippen LogP contribution in [0.1, 0.15) is 40.8 Å². The van der Waals surface area contributed by atoms with Gasteiger partial charge < -0.3 is 18.7 Å². The molecular formula is C19H19N3O4. The Balaban J connectivity index is 1.60. The first-order chi connectivity index (χ1) is 12.7. The highest BCUT2D eigenvalue weighted by Crippen LogP contribution is 2.34. The summed E-state index contributed by atoms with van der Waals surface area (Å²) in [5.74, 6) is 1.73. The Labute approximate surface area is 150 Å². The highest BCUT2D eigenvalue weighted by Gasteiger charge is 2.34. The minimum atomic E-state index is -0.168. The summed E-state index contributed by atoms with van der Waals surface area (Å²) in [7, 11) is 1.59. The van der Waals surface area contributed by atoms with Gasteiger partial charge in [-0.05, 0) is 31.9 Å². The van der Waals surface area contributed by atoms with Crippen LogP contribution in [-0.2, 0) is 0 Å². The second-order valence-electron chi connectivity index (χ2n) is 6.30. The quantitative estimate of drug-likeness (QED) is 0.712. The fraction of sp³-hybridized carbons (Fsp3) is 0.316. The van der Waals surface area contributed by atoms with E-state index >= 15 is 0 Å². The summed E-state index contributed by atoms with van der Waals surface area (Å²) in [5.41, 5.74) is 1.81. The summed E-state index contributed by atoms with van der Waals surface area (Å²) < 4.78 is 15.9. The van der Waals surface area contributed by atoms with Crippen molar-refractivity contribution in [2.75, 3.05) is 13.7 Å². The van der Waals surface area contributed by atoms with Crippen molar-refractivity contribution in [2.24, 2.45) is 0 Å². The van der Waals surface area contributed by atoms with Crippen LogP contribution in [0.2, 0.25) is 0 Å². The molecule has 4 rings (SSSR count). The van der Waals surface area contributed by atoms with Gasteiger partial charge in [0.1, 0.15) is 17.2 Å². The number of aryl methyl sites for hydroxylation is 1. The maximum atomic E-state index is 13.0. The number of aromatic nitrogens is 2. The zero-order chi connectivity index (χ0) is 18.1. The van der Waals surface area contributed by atoms with E-state index in [0.717, 1.165) is 29.9 Å². The Kier molecular flexibility index (Phi) is 4.20. The van der Waals surface area contributed by atoms with E-state index in [1.54, 1.807) is 18.1 Å². The minimum absolute atomic E-state index is 0.0913. The lowest BCUT2D eigenvalue weighted by Gasteiger charge is -2.21. The number of methoxy groups -OCH3 is 1. The van der Waals surface area contributed by atoms with Crippen molar-refractivity contribution < 1.29 is 18.6 Å². The van der Waals surface area contributed by atoms with E-state index in [1.165, 1.54) is 0 Å². The van der Waals surface area contributed by atoms with Crippen LogP contribution in [0.5, 0.6) is 5.75 Å². The zero-order valence-electron chi connectivity index (χ0n) is 14.6. The van der Waals surface area contributed by atoms with Crippen LogP contribution in [0.3, 0.4) is 0 Å². The third kappa shape index (κ3) is 2.85. The van der Waals surface area contributed by atoms with E-state index in [2.05, 4.69) is 10.3 Å². The van der Waals surface area contributed by atoms with Crippen molar-refractivity contribution in [3.05, 3.63) is 53.5 Å². The minimum Gasteiger partial charge on any atom is -0.496 e. The van der Waals surface area contributed by atoms with E-state index in [1.807, 2.05) is 37.3 Å². The van der Waals surface area contributed by atoms with Gasteiger partial charge in [0.05, 0.1) is 18.7 Å². The second-order valence-corrected chi connectivity index (χ2v) is 6.30. The number of rotatable bonds is 4. The number of carbonyl (C=O) groups is 1. The third-order valence-corrected chi connectivity index (χ3v) is 4.60. The number of amides is 1. The second kappa shape index (κ2) is 6.67. The van der Waals surface area contributed by atoms with Gasteiger partial charge in [-0.25, -0.2) is 0 Å². The van der Waals surface area contributed by atoms with Crippen molar-refractivity contribution in [1.29, 1.82) is 0 Å². The third-order valence-electron chi connectivity index (χ3n) is 4.60. The summed E-state index contributed by atoms with van der Waals surface area (Å²) in [4.78, 5) is 14.7. The largest absolute Gasteiger partial charge is 0.496 e. The van der Waals surface area contributed by atoms with Gasteiger partial charge in [-0.15, -0.1) is 0 Å². The molecule has 0 aliphatic carbocycles. The summed E-state index contributed by atoms with van der Waals surface area (Å²) in [6.07, 6.45) is 1.77. The topological polar surface area (TPSA) is 81.6 Å². The number of benzene rings is 1. The van der Waals surface area contributed by atoms with Crippen LogP contribution in [-0.4, -0.2) is 34.8 Å². The fourth-order valence-electron chi connectivity index (χ4n) is 3.36. The van der Waals surface area contributed by atoms with Crippen LogP contribution in [0, 0.1) is 6.92 Å². The predicted molar refractivity (Wildman–Crippen MR) is 92.7 cm³/mol. The Morgan fingerprint density at radius 3 is 2.85 bits per heavy atom. The van der Waals surface area contributed by atoms with Crippen LogP contribution < -0.4 is 4.74 Å². The molecule has 1 aliphatic rings. The van der Waals surface area contributed by atoms with E-state index in [-0.39, 0.29) is 17.6 Å². The first-order valence-electron chi connectivity index (χ1n) is 8.51. The smallest absolute Gasteiger partial charge is 0.276 e. The predicted octanol–water partition coefficient (Wildman–Crippen LogP) is 3.62. The van der Waals surface area contributed by atoms with Gasteiger partial charge in [0.25, 0.3) is 5.91 Å². The number of hydrogen-bond acceptors (Lipinski definition) is 6. The number of hydrogen-bond donors (Lipinski definition) is 0. The van der Waals surface area contributed by atoms with Gasteiger partial charge in [-0.1, -0.05) is 22.4 Å². The van der Waals surface area contributed by atoms with E-state index in [0.29, 0.717) is 18.1 Å². The number of nitrogens with zero attached hydrogens (tertiary/aromatic N) is 3. The molecule has 0 N–H and O–H groups in total. The normalized spacial score (nSPS) is 16.8. The molecule has 2 aromatic heterocycles. The lowest BCUT2D eigenvalue weighted by atomic mass is 10.1. The SMILES string of the molecule is COc1ccccc1-c1cc(C(=O)N2CCCC2c2cc(C)on2)no1. The van der Waals surface area contributed by atoms with Crippen LogP contribution >= 0.6 is 0 Å². The molecule has 0 spiro atoms. The number of likely N-dealkylation sites (tertiary alicyclic amines) is 1. The average Bonchev–Trinajstić information content (AvgIpc) is 3.41. The number of carbonyl (C=O) groups excluding carboxylic acids is 1. The van der Waals surface area contributed by atoms with Crippen molar-refractivity contribution in [1.82, 2.24) is 15.2 Å². The molecule has 0 radical (unpaired) electrons. The van der Waals surface area contributed by atoms with Crippen molar-refractivity contribution in [3.63, 3.8) is 0 Å². The highest BCUT2D eigenvalue weighted by molar-refractivity contribution is 5.93. The van der Waals surface area contributed by atoms with E-state index < -0.39 is 0 Å². The molecule has 3 aromatic rings. The lowest BCUT2D eigenvalue weighted by Crippen LogP contribution is -2.30. The average molecular weight is 353 g/mol. The fourth-order valence-corrected chi connectivity index (χ4v) is 3.36. The van der Waals surface area contributed by atoms with Crippen molar-refractivity contribution >= 4 is 5.91 Å². The van der Waals surface area contributed by atoms with Crippen LogP contribution in [0.4, 0.5) is 0 Å². The van der Waals surface area contributed by atoms with Crippen molar-refractivity contribution in [3.8, 4) is 17.1 Å². The molecule has 1 fully saturated rings. The molecule has 7 heteroatoms. The molecule has 3 heterocycles. The molecular weight excluding hydrogens is 334 g/mol. The number of ether oxygens (including phenoxy) is 1. The first kappa shape index (κ1) is 16.4. The van der Waals surface area contributed by atoms with E-state index in [9.17, 15) is 4.79 Å².